The molecule has 2 heterocycles. The molecule has 4 aromatic rings. The molecule has 0 N–H and O–H groups in total. The van der Waals surface area contributed by atoms with Crippen LogP contribution in [0.3, 0.4) is 0 Å². The fourth-order valence-corrected chi connectivity index (χ4v) is 5.28. The number of amides is 1. The van der Waals surface area contributed by atoms with E-state index in [-0.39, 0.29) is 12.0 Å². The first-order chi connectivity index (χ1) is 16.7. The highest BCUT2D eigenvalue weighted by molar-refractivity contribution is 7.22. The van der Waals surface area contributed by atoms with Crippen molar-refractivity contribution in [2.24, 2.45) is 0 Å². The highest BCUT2D eigenvalue weighted by atomic mass is 32.1. The lowest BCUT2D eigenvalue weighted by Gasteiger charge is -2.23. The van der Waals surface area contributed by atoms with Crippen LogP contribution in [0.1, 0.15) is 25.3 Å². The molecule has 174 valence electrons. The van der Waals surface area contributed by atoms with Gasteiger partial charge in [-0.1, -0.05) is 65.9 Å². The number of benzene rings is 3. The Kier molecular flexibility index (Phi) is 6.88. The van der Waals surface area contributed by atoms with E-state index in [1.165, 1.54) is 16.9 Å². The smallest absolute Gasteiger partial charge is 0.233 e. The quantitative estimate of drug-likeness (QED) is 0.310. The third-order valence-electron chi connectivity index (χ3n) is 6.02. The molecule has 3 aromatic carbocycles. The van der Waals surface area contributed by atoms with Crippen LogP contribution in [-0.2, 0) is 16.0 Å². The van der Waals surface area contributed by atoms with Crippen LogP contribution in [-0.4, -0.2) is 36.8 Å². The molecule has 1 aromatic heterocycles. The lowest BCUT2D eigenvalue weighted by atomic mass is 10.0. The van der Waals surface area contributed by atoms with E-state index in [9.17, 15) is 4.79 Å². The molecule has 1 aliphatic rings. The minimum Gasteiger partial charge on any atom is -0.494 e. The summed E-state index contributed by atoms with van der Waals surface area (Å²) in [5.74, 6) is 0.854. The van der Waals surface area contributed by atoms with Crippen molar-refractivity contribution in [3.63, 3.8) is 0 Å². The van der Waals surface area contributed by atoms with Gasteiger partial charge in [-0.2, -0.15) is 0 Å². The first-order valence-electron chi connectivity index (χ1n) is 11.8. The number of aromatic nitrogens is 1. The lowest BCUT2D eigenvalue weighted by molar-refractivity contribution is -0.118. The highest BCUT2D eigenvalue weighted by Gasteiger charge is 2.26. The van der Waals surface area contributed by atoms with Crippen LogP contribution in [0.25, 0.3) is 21.3 Å². The fraction of sp³-hybridized carbons (Fsp3) is 0.286. The Hall–Kier alpha value is -3.22. The van der Waals surface area contributed by atoms with Gasteiger partial charge in [-0.05, 0) is 54.7 Å². The monoisotopic (exact) mass is 472 g/mol. The van der Waals surface area contributed by atoms with Crippen LogP contribution in [0.2, 0.25) is 0 Å². The minimum absolute atomic E-state index is 0.0343. The van der Waals surface area contributed by atoms with Crippen molar-refractivity contribution in [1.29, 1.82) is 0 Å². The zero-order valence-electron chi connectivity index (χ0n) is 19.3. The van der Waals surface area contributed by atoms with Gasteiger partial charge in [0.2, 0.25) is 5.91 Å². The Balaban J connectivity index is 1.38. The number of ether oxygens (including phenoxy) is 2. The molecule has 34 heavy (non-hydrogen) atoms. The van der Waals surface area contributed by atoms with Gasteiger partial charge in [0.05, 0.1) is 35.9 Å². The number of carbonyl (C=O) groups is 1. The van der Waals surface area contributed by atoms with Crippen molar-refractivity contribution >= 4 is 32.6 Å². The van der Waals surface area contributed by atoms with E-state index in [1.807, 2.05) is 60.4 Å². The number of nitrogens with zero attached hydrogens (tertiary/aromatic N) is 2. The summed E-state index contributed by atoms with van der Waals surface area (Å²) in [6.45, 7) is 3.87. The molecule has 1 unspecified atom stereocenters. The maximum atomic E-state index is 13.5. The second-order valence-corrected chi connectivity index (χ2v) is 9.45. The van der Waals surface area contributed by atoms with E-state index in [0.717, 1.165) is 46.5 Å². The maximum Gasteiger partial charge on any atom is 0.233 e. The van der Waals surface area contributed by atoms with Crippen LogP contribution in [0, 0.1) is 0 Å². The molecule has 0 aliphatic carbocycles. The first kappa shape index (κ1) is 22.6. The number of hydrogen-bond acceptors (Lipinski definition) is 5. The molecular weight excluding hydrogens is 444 g/mol. The topological polar surface area (TPSA) is 51.7 Å². The van der Waals surface area contributed by atoms with E-state index in [0.29, 0.717) is 24.7 Å². The number of anilines is 1. The second kappa shape index (κ2) is 10.4. The SMILES string of the molecule is CCOc1ccc2nc(N(CC3CCCO3)C(=O)Cc3ccc(-c4ccccc4)cc3)sc2c1. The number of hydrogen-bond donors (Lipinski definition) is 0. The zero-order chi connectivity index (χ0) is 23.3. The second-order valence-electron chi connectivity index (χ2n) is 8.44. The average molecular weight is 473 g/mol. The lowest BCUT2D eigenvalue weighted by Crippen LogP contribution is -2.38. The van der Waals surface area contributed by atoms with Crippen LogP contribution in [0.5, 0.6) is 5.75 Å². The van der Waals surface area contributed by atoms with Crippen molar-refractivity contribution in [3.05, 3.63) is 78.4 Å². The third-order valence-corrected chi connectivity index (χ3v) is 7.06. The Labute approximate surface area is 204 Å². The van der Waals surface area contributed by atoms with Crippen molar-refractivity contribution in [1.82, 2.24) is 4.98 Å². The zero-order valence-corrected chi connectivity index (χ0v) is 20.1. The fourth-order valence-electron chi connectivity index (χ4n) is 4.26. The first-order valence-corrected chi connectivity index (χ1v) is 12.6. The van der Waals surface area contributed by atoms with Gasteiger partial charge < -0.3 is 9.47 Å². The summed E-state index contributed by atoms with van der Waals surface area (Å²) >= 11 is 1.53. The molecule has 0 saturated carbocycles. The molecule has 5 rings (SSSR count). The number of carbonyl (C=O) groups excluding carboxylic acids is 1. The molecule has 6 heteroatoms. The molecule has 1 amide bonds. The molecule has 5 nitrogen and oxygen atoms in total. The van der Waals surface area contributed by atoms with Gasteiger partial charge in [0, 0.05) is 6.61 Å². The van der Waals surface area contributed by atoms with Crippen molar-refractivity contribution in [2.75, 3.05) is 24.7 Å². The molecule has 1 saturated heterocycles. The van der Waals surface area contributed by atoms with E-state index in [2.05, 4.69) is 24.3 Å². The van der Waals surface area contributed by atoms with Crippen LogP contribution in [0.15, 0.2) is 72.8 Å². The molecule has 1 fully saturated rings. The van der Waals surface area contributed by atoms with Gasteiger partial charge in [-0.15, -0.1) is 0 Å². The van der Waals surface area contributed by atoms with Gasteiger partial charge in [0.25, 0.3) is 0 Å². The predicted octanol–water partition coefficient (Wildman–Crippen LogP) is 6.12. The summed E-state index contributed by atoms with van der Waals surface area (Å²) in [6.07, 6.45) is 2.37. The highest BCUT2D eigenvalue weighted by Crippen LogP contribution is 2.33. The molecular formula is C28H28N2O3S. The molecule has 0 spiro atoms. The van der Waals surface area contributed by atoms with E-state index in [1.54, 1.807) is 0 Å². The van der Waals surface area contributed by atoms with Crippen molar-refractivity contribution < 1.29 is 14.3 Å². The molecule has 0 radical (unpaired) electrons. The summed E-state index contributed by atoms with van der Waals surface area (Å²) in [5, 5.41) is 0.713. The summed E-state index contributed by atoms with van der Waals surface area (Å²) in [6, 6.07) is 24.4. The van der Waals surface area contributed by atoms with Gasteiger partial charge in [-0.25, -0.2) is 4.98 Å². The van der Waals surface area contributed by atoms with Gasteiger partial charge in [0.15, 0.2) is 5.13 Å². The van der Waals surface area contributed by atoms with Crippen LogP contribution in [0.4, 0.5) is 5.13 Å². The average Bonchev–Trinajstić information content (AvgIpc) is 3.53. The van der Waals surface area contributed by atoms with Crippen molar-refractivity contribution in [3.8, 4) is 16.9 Å². The molecule has 1 atom stereocenters. The maximum absolute atomic E-state index is 13.5. The normalized spacial score (nSPS) is 15.5. The Morgan fingerprint density at radius 1 is 1.09 bits per heavy atom. The number of rotatable bonds is 8. The third kappa shape index (κ3) is 5.13. The van der Waals surface area contributed by atoms with Crippen LogP contribution < -0.4 is 9.64 Å². The Bertz CT molecular complexity index is 1250. The minimum atomic E-state index is 0.0343. The van der Waals surface area contributed by atoms with E-state index < -0.39 is 0 Å². The standard InChI is InChI=1S/C28H28N2O3S/c1-2-32-23-14-15-25-26(18-23)34-28(29-25)30(19-24-9-6-16-33-24)27(31)17-20-10-12-22(13-11-20)21-7-4-3-5-8-21/h3-5,7-8,10-15,18,24H,2,6,9,16-17,19H2,1H3. The summed E-state index contributed by atoms with van der Waals surface area (Å²) in [5.41, 5.74) is 4.17. The summed E-state index contributed by atoms with van der Waals surface area (Å²) < 4.78 is 12.5. The summed E-state index contributed by atoms with van der Waals surface area (Å²) in [4.78, 5) is 20.1. The Morgan fingerprint density at radius 2 is 1.88 bits per heavy atom. The Morgan fingerprint density at radius 3 is 2.62 bits per heavy atom. The van der Waals surface area contributed by atoms with Gasteiger partial charge >= 0.3 is 0 Å². The predicted molar refractivity (Wildman–Crippen MR) is 138 cm³/mol. The van der Waals surface area contributed by atoms with Crippen LogP contribution >= 0.6 is 11.3 Å². The van der Waals surface area contributed by atoms with E-state index >= 15 is 0 Å². The molecule has 0 bridgehead atoms. The largest absolute Gasteiger partial charge is 0.494 e. The van der Waals surface area contributed by atoms with E-state index in [4.69, 9.17) is 14.5 Å². The molecule has 1 aliphatic heterocycles. The van der Waals surface area contributed by atoms with Gasteiger partial charge in [-0.3, -0.25) is 9.69 Å². The number of thiazole rings is 1. The van der Waals surface area contributed by atoms with Crippen molar-refractivity contribution in [2.45, 2.75) is 32.3 Å². The number of fused-ring (bicyclic) bond motifs is 1. The van der Waals surface area contributed by atoms with Gasteiger partial charge in [0.1, 0.15) is 5.75 Å². The summed E-state index contributed by atoms with van der Waals surface area (Å²) in [7, 11) is 0.